The molecule has 0 saturated carbocycles. The lowest BCUT2D eigenvalue weighted by Crippen LogP contribution is -2.51. The van der Waals surface area contributed by atoms with Crippen LogP contribution in [0.2, 0.25) is 0 Å². The van der Waals surface area contributed by atoms with Crippen molar-refractivity contribution in [1.29, 1.82) is 0 Å². The zero-order valence-electron chi connectivity index (χ0n) is 9.21. The largest absolute Gasteiger partial charge is 0.300 e. The number of carbonyl (C=O) groups is 1. The van der Waals surface area contributed by atoms with Gasteiger partial charge in [0.25, 0.3) is 0 Å². The molecule has 0 amide bonds. The highest BCUT2D eigenvalue weighted by atomic mass is 16.1. The predicted octanol–water partition coefficient (Wildman–Crippen LogP) is 2.23. The monoisotopic (exact) mass is 183 g/mol. The zero-order valence-corrected chi connectivity index (χ0v) is 9.21. The SMILES string of the molecule is CCC1CC(=O)CC(C)N1C(C)C. The number of hydrogen-bond acceptors (Lipinski definition) is 2. The van der Waals surface area contributed by atoms with Crippen LogP contribution in [0.25, 0.3) is 0 Å². The molecule has 13 heavy (non-hydrogen) atoms. The second-order valence-electron chi connectivity index (χ2n) is 4.40. The highest BCUT2D eigenvalue weighted by Crippen LogP contribution is 2.24. The van der Waals surface area contributed by atoms with Crippen LogP contribution in [0.5, 0.6) is 0 Å². The molecule has 1 heterocycles. The van der Waals surface area contributed by atoms with Crippen molar-refractivity contribution < 1.29 is 4.79 Å². The fourth-order valence-corrected chi connectivity index (χ4v) is 2.53. The van der Waals surface area contributed by atoms with Gasteiger partial charge >= 0.3 is 0 Å². The van der Waals surface area contributed by atoms with Crippen LogP contribution in [0.4, 0.5) is 0 Å². The lowest BCUT2D eigenvalue weighted by molar-refractivity contribution is -0.126. The third-order valence-electron chi connectivity index (χ3n) is 2.98. The normalized spacial score (nSPS) is 31.3. The molecule has 2 atom stereocenters. The summed E-state index contributed by atoms with van der Waals surface area (Å²) < 4.78 is 0. The average molecular weight is 183 g/mol. The van der Waals surface area contributed by atoms with Crippen LogP contribution >= 0.6 is 0 Å². The van der Waals surface area contributed by atoms with Gasteiger partial charge in [-0.1, -0.05) is 6.92 Å². The van der Waals surface area contributed by atoms with Crippen LogP contribution in [0.1, 0.15) is 47.0 Å². The molecule has 76 valence electrons. The Balaban J connectivity index is 2.71. The van der Waals surface area contributed by atoms with Crippen molar-refractivity contribution >= 4 is 5.78 Å². The Bertz CT molecular complexity index is 189. The molecular weight excluding hydrogens is 162 g/mol. The maximum absolute atomic E-state index is 11.4. The standard InChI is InChI=1S/C11H21NO/c1-5-10-7-11(13)6-9(4)12(10)8(2)3/h8-10H,5-7H2,1-4H3. The van der Waals surface area contributed by atoms with Gasteiger partial charge in [0.05, 0.1) is 0 Å². The summed E-state index contributed by atoms with van der Waals surface area (Å²) in [6.45, 7) is 8.77. The van der Waals surface area contributed by atoms with Gasteiger partial charge in [-0.3, -0.25) is 9.69 Å². The van der Waals surface area contributed by atoms with Gasteiger partial charge in [0, 0.05) is 31.0 Å². The Morgan fingerprint density at radius 3 is 2.54 bits per heavy atom. The molecule has 0 bridgehead atoms. The van der Waals surface area contributed by atoms with Crippen LogP contribution in [-0.2, 0) is 4.79 Å². The van der Waals surface area contributed by atoms with Crippen LogP contribution in [0.15, 0.2) is 0 Å². The second kappa shape index (κ2) is 4.23. The summed E-state index contributed by atoms with van der Waals surface area (Å²) >= 11 is 0. The van der Waals surface area contributed by atoms with E-state index < -0.39 is 0 Å². The van der Waals surface area contributed by atoms with E-state index in [1.165, 1.54) is 0 Å². The minimum atomic E-state index is 0.436. The molecule has 1 fully saturated rings. The number of piperidine rings is 1. The number of likely N-dealkylation sites (tertiary alicyclic amines) is 1. The molecule has 0 spiro atoms. The summed E-state index contributed by atoms with van der Waals surface area (Å²) in [4.78, 5) is 13.9. The molecule has 1 aliphatic rings. The highest BCUT2D eigenvalue weighted by Gasteiger charge is 2.32. The maximum atomic E-state index is 11.4. The van der Waals surface area contributed by atoms with Crippen molar-refractivity contribution in [2.24, 2.45) is 0 Å². The van der Waals surface area contributed by atoms with Gasteiger partial charge in [-0.2, -0.15) is 0 Å². The Hall–Kier alpha value is -0.370. The third-order valence-corrected chi connectivity index (χ3v) is 2.98. The van der Waals surface area contributed by atoms with Crippen LogP contribution in [0, 0.1) is 0 Å². The molecule has 1 rings (SSSR count). The summed E-state index contributed by atoms with van der Waals surface area (Å²) in [7, 11) is 0. The first-order chi connectivity index (χ1) is 6.06. The molecular formula is C11H21NO. The van der Waals surface area contributed by atoms with Crippen molar-refractivity contribution in [3.63, 3.8) is 0 Å². The summed E-state index contributed by atoms with van der Waals surface area (Å²) in [5.41, 5.74) is 0. The molecule has 0 aromatic heterocycles. The topological polar surface area (TPSA) is 20.3 Å². The number of Topliss-reactive ketones (excluding diaryl/α,β-unsaturated/α-hetero) is 1. The fourth-order valence-electron chi connectivity index (χ4n) is 2.53. The van der Waals surface area contributed by atoms with E-state index >= 15 is 0 Å². The molecule has 0 aliphatic carbocycles. The lowest BCUT2D eigenvalue weighted by Gasteiger charge is -2.42. The van der Waals surface area contributed by atoms with Crippen LogP contribution < -0.4 is 0 Å². The van der Waals surface area contributed by atoms with Gasteiger partial charge in [0.1, 0.15) is 5.78 Å². The van der Waals surface area contributed by atoms with E-state index in [-0.39, 0.29) is 0 Å². The number of ketones is 1. The summed E-state index contributed by atoms with van der Waals surface area (Å²) in [5.74, 6) is 0.441. The van der Waals surface area contributed by atoms with Gasteiger partial charge in [0.15, 0.2) is 0 Å². The molecule has 1 saturated heterocycles. The van der Waals surface area contributed by atoms with E-state index in [1.807, 2.05) is 0 Å². The minimum Gasteiger partial charge on any atom is -0.300 e. The van der Waals surface area contributed by atoms with Gasteiger partial charge < -0.3 is 0 Å². The molecule has 2 unspecified atom stereocenters. The summed E-state index contributed by atoms with van der Waals surface area (Å²) in [5, 5.41) is 0. The molecule has 2 heteroatoms. The molecule has 1 aliphatic heterocycles. The first-order valence-corrected chi connectivity index (χ1v) is 5.35. The molecule has 0 N–H and O–H groups in total. The van der Waals surface area contributed by atoms with Gasteiger partial charge in [-0.25, -0.2) is 0 Å². The number of nitrogens with zero attached hydrogens (tertiary/aromatic N) is 1. The van der Waals surface area contributed by atoms with E-state index in [4.69, 9.17) is 0 Å². The molecule has 0 aromatic rings. The van der Waals surface area contributed by atoms with E-state index in [2.05, 4.69) is 32.6 Å². The van der Waals surface area contributed by atoms with Crippen molar-refractivity contribution in [2.45, 2.75) is 65.1 Å². The second-order valence-corrected chi connectivity index (χ2v) is 4.40. The van der Waals surface area contributed by atoms with E-state index in [9.17, 15) is 4.79 Å². The quantitative estimate of drug-likeness (QED) is 0.654. The molecule has 0 aromatic carbocycles. The molecule has 2 nitrogen and oxygen atoms in total. The fraction of sp³-hybridized carbons (Fsp3) is 0.909. The molecule has 0 radical (unpaired) electrons. The Morgan fingerprint density at radius 1 is 1.46 bits per heavy atom. The van der Waals surface area contributed by atoms with Crippen molar-refractivity contribution in [1.82, 2.24) is 4.90 Å². The smallest absolute Gasteiger partial charge is 0.136 e. The summed E-state index contributed by atoms with van der Waals surface area (Å²) in [6, 6.07) is 1.48. The number of hydrogen-bond donors (Lipinski definition) is 0. The first-order valence-electron chi connectivity index (χ1n) is 5.35. The number of carbonyl (C=O) groups excluding carboxylic acids is 1. The van der Waals surface area contributed by atoms with E-state index in [1.54, 1.807) is 0 Å². The number of rotatable bonds is 2. The van der Waals surface area contributed by atoms with Crippen molar-refractivity contribution in [3.8, 4) is 0 Å². The maximum Gasteiger partial charge on any atom is 0.136 e. The Labute approximate surface area is 81.3 Å². The lowest BCUT2D eigenvalue weighted by atomic mass is 9.92. The third kappa shape index (κ3) is 2.31. The van der Waals surface area contributed by atoms with Crippen LogP contribution in [0.3, 0.4) is 0 Å². The highest BCUT2D eigenvalue weighted by molar-refractivity contribution is 5.80. The predicted molar refractivity (Wildman–Crippen MR) is 54.8 cm³/mol. The minimum absolute atomic E-state index is 0.436. The van der Waals surface area contributed by atoms with Gasteiger partial charge in [-0.05, 0) is 27.2 Å². The van der Waals surface area contributed by atoms with Crippen LogP contribution in [-0.4, -0.2) is 28.8 Å². The van der Waals surface area contributed by atoms with Gasteiger partial charge in [0.2, 0.25) is 0 Å². The van der Waals surface area contributed by atoms with E-state index in [0.717, 1.165) is 19.3 Å². The van der Waals surface area contributed by atoms with Crippen molar-refractivity contribution in [2.75, 3.05) is 0 Å². The Kier molecular flexibility index (Phi) is 3.48. The summed E-state index contributed by atoms with van der Waals surface area (Å²) in [6.07, 6.45) is 2.60. The van der Waals surface area contributed by atoms with Gasteiger partial charge in [-0.15, -0.1) is 0 Å². The van der Waals surface area contributed by atoms with E-state index in [0.29, 0.717) is 23.9 Å². The average Bonchev–Trinajstić information content (AvgIpc) is 2.01. The first kappa shape index (κ1) is 10.7. The zero-order chi connectivity index (χ0) is 10.0. The van der Waals surface area contributed by atoms with Crippen molar-refractivity contribution in [3.05, 3.63) is 0 Å². The Morgan fingerprint density at radius 2 is 2.08 bits per heavy atom.